The highest BCUT2D eigenvalue weighted by molar-refractivity contribution is 6.05. The minimum Gasteiger partial charge on any atom is -0.382 e. The molecule has 2 heterocycles. The van der Waals surface area contributed by atoms with Gasteiger partial charge in [0.25, 0.3) is 5.91 Å². The molecule has 6 heteroatoms. The molecule has 1 aliphatic rings. The molecule has 2 aromatic heterocycles. The van der Waals surface area contributed by atoms with Crippen LogP contribution in [0.5, 0.6) is 0 Å². The Balaban J connectivity index is 1.84. The Hall–Kier alpha value is -1.95. The average molecular weight is 330 g/mol. The second-order valence-electron chi connectivity index (χ2n) is 6.60. The van der Waals surface area contributed by atoms with Crippen LogP contribution in [-0.2, 0) is 4.74 Å². The molecule has 0 spiro atoms. The van der Waals surface area contributed by atoms with Crippen molar-refractivity contribution in [1.82, 2.24) is 20.1 Å². The quantitative estimate of drug-likeness (QED) is 0.755. The smallest absolute Gasteiger partial charge is 0.252 e. The van der Waals surface area contributed by atoms with Gasteiger partial charge in [-0.05, 0) is 46.1 Å². The summed E-state index contributed by atoms with van der Waals surface area (Å²) in [6.45, 7) is 8.10. The summed E-state index contributed by atoms with van der Waals surface area (Å²) in [6, 6.07) is 2.16. The van der Waals surface area contributed by atoms with E-state index in [9.17, 15) is 4.79 Å². The number of pyridine rings is 1. The fourth-order valence-corrected chi connectivity index (χ4v) is 2.81. The van der Waals surface area contributed by atoms with Crippen molar-refractivity contribution < 1.29 is 9.53 Å². The largest absolute Gasteiger partial charge is 0.382 e. The van der Waals surface area contributed by atoms with E-state index >= 15 is 0 Å². The summed E-state index contributed by atoms with van der Waals surface area (Å²) in [4.78, 5) is 17.4. The molecule has 0 saturated heterocycles. The highest BCUT2D eigenvalue weighted by atomic mass is 16.5. The van der Waals surface area contributed by atoms with Crippen LogP contribution in [0.3, 0.4) is 0 Å². The van der Waals surface area contributed by atoms with Crippen LogP contribution < -0.4 is 5.32 Å². The summed E-state index contributed by atoms with van der Waals surface area (Å²) in [5.41, 5.74) is 2.52. The summed E-state index contributed by atoms with van der Waals surface area (Å²) in [5.74, 6) is 0.443. The lowest BCUT2D eigenvalue weighted by Gasteiger charge is -2.10. The van der Waals surface area contributed by atoms with Gasteiger partial charge < -0.3 is 10.1 Å². The van der Waals surface area contributed by atoms with Gasteiger partial charge in [-0.3, -0.25) is 4.79 Å². The highest BCUT2D eigenvalue weighted by Gasteiger charge is 2.28. The zero-order valence-corrected chi connectivity index (χ0v) is 14.7. The number of rotatable bonds is 8. The molecule has 1 amide bonds. The van der Waals surface area contributed by atoms with E-state index in [0.29, 0.717) is 31.2 Å². The van der Waals surface area contributed by atoms with Crippen molar-refractivity contribution in [2.45, 2.75) is 52.0 Å². The van der Waals surface area contributed by atoms with Gasteiger partial charge in [0, 0.05) is 37.4 Å². The number of carbonyl (C=O) groups is 1. The maximum atomic E-state index is 12.6. The molecule has 3 rings (SSSR count). The van der Waals surface area contributed by atoms with Gasteiger partial charge >= 0.3 is 0 Å². The lowest BCUT2D eigenvalue weighted by atomic mass is 10.1. The molecular weight excluding hydrogens is 304 g/mol. The Bertz CT molecular complexity index is 719. The molecule has 0 atom stereocenters. The van der Waals surface area contributed by atoms with Crippen LogP contribution >= 0.6 is 0 Å². The van der Waals surface area contributed by atoms with Gasteiger partial charge in [-0.15, -0.1) is 0 Å². The zero-order valence-electron chi connectivity index (χ0n) is 14.7. The maximum absolute atomic E-state index is 12.6. The van der Waals surface area contributed by atoms with Crippen LogP contribution in [0.2, 0.25) is 0 Å². The summed E-state index contributed by atoms with van der Waals surface area (Å²) < 4.78 is 7.20. The predicted octanol–water partition coefficient (Wildman–Crippen LogP) is 3.05. The first kappa shape index (κ1) is 16.9. The number of carbonyl (C=O) groups excluding carboxylic acids is 1. The SMILES string of the molecule is CCOCCCNC(=O)c1cc(C2CC2)nc2c1cnn2C(C)C. The Morgan fingerprint density at radius 2 is 2.25 bits per heavy atom. The van der Waals surface area contributed by atoms with Crippen molar-refractivity contribution in [1.29, 1.82) is 0 Å². The number of hydrogen-bond donors (Lipinski definition) is 1. The lowest BCUT2D eigenvalue weighted by Crippen LogP contribution is -2.25. The van der Waals surface area contributed by atoms with Crippen molar-refractivity contribution in [3.8, 4) is 0 Å². The molecule has 0 aromatic carbocycles. The third-order valence-electron chi connectivity index (χ3n) is 4.27. The van der Waals surface area contributed by atoms with E-state index in [1.54, 1.807) is 6.20 Å². The summed E-state index contributed by atoms with van der Waals surface area (Å²) in [6.07, 6.45) is 4.89. The van der Waals surface area contributed by atoms with Crippen LogP contribution in [0, 0.1) is 0 Å². The van der Waals surface area contributed by atoms with Crippen molar-refractivity contribution in [3.63, 3.8) is 0 Å². The molecule has 1 saturated carbocycles. The zero-order chi connectivity index (χ0) is 17.1. The van der Waals surface area contributed by atoms with Gasteiger partial charge in [-0.1, -0.05) is 0 Å². The van der Waals surface area contributed by atoms with Crippen LogP contribution in [-0.4, -0.2) is 40.4 Å². The molecular formula is C18H26N4O2. The van der Waals surface area contributed by atoms with E-state index in [-0.39, 0.29) is 11.9 Å². The molecule has 0 bridgehead atoms. The molecule has 0 radical (unpaired) electrons. The number of ether oxygens (including phenoxy) is 1. The predicted molar refractivity (Wildman–Crippen MR) is 93.3 cm³/mol. The molecule has 1 N–H and O–H groups in total. The lowest BCUT2D eigenvalue weighted by molar-refractivity contribution is 0.0945. The van der Waals surface area contributed by atoms with Crippen LogP contribution in [0.25, 0.3) is 11.0 Å². The Labute approximate surface area is 142 Å². The molecule has 1 aliphatic carbocycles. The standard InChI is InChI=1S/C18H26N4O2/c1-4-24-9-5-8-19-18(23)14-10-16(13-6-7-13)21-17-15(14)11-20-22(17)12(2)3/h10-13H,4-9H2,1-3H3,(H,19,23). The number of amides is 1. The fraction of sp³-hybridized carbons (Fsp3) is 0.611. The second-order valence-corrected chi connectivity index (χ2v) is 6.60. The van der Waals surface area contributed by atoms with Gasteiger partial charge in [-0.25, -0.2) is 9.67 Å². The van der Waals surface area contributed by atoms with E-state index in [0.717, 1.165) is 36.0 Å². The van der Waals surface area contributed by atoms with Crippen molar-refractivity contribution in [2.75, 3.05) is 19.8 Å². The molecule has 24 heavy (non-hydrogen) atoms. The monoisotopic (exact) mass is 330 g/mol. The summed E-state index contributed by atoms with van der Waals surface area (Å²) >= 11 is 0. The first-order valence-electron chi connectivity index (χ1n) is 8.86. The molecule has 1 fully saturated rings. The first-order valence-corrected chi connectivity index (χ1v) is 8.86. The third-order valence-corrected chi connectivity index (χ3v) is 4.27. The highest BCUT2D eigenvalue weighted by Crippen LogP contribution is 2.40. The minimum atomic E-state index is -0.0518. The van der Waals surface area contributed by atoms with Crippen LogP contribution in [0.1, 0.15) is 68.0 Å². The van der Waals surface area contributed by atoms with Gasteiger partial charge in [0.15, 0.2) is 5.65 Å². The summed E-state index contributed by atoms with van der Waals surface area (Å²) in [5, 5.41) is 8.25. The van der Waals surface area contributed by atoms with E-state index in [1.807, 2.05) is 17.7 Å². The Morgan fingerprint density at radius 3 is 2.92 bits per heavy atom. The molecule has 2 aromatic rings. The van der Waals surface area contributed by atoms with E-state index < -0.39 is 0 Å². The van der Waals surface area contributed by atoms with E-state index in [1.165, 1.54) is 0 Å². The minimum absolute atomic E-state index is 0.0518. The van der Waals surface area contributed by atoms with Gasteiger partial charge in [0.05, 0.1) is 17.1 Å². The number of hydrogen-bond acceptors (Lipinski definition) is 4. The van der Waals surface area contributed by atoms with Gasteiger partial charge in [0.1, 0.15) is 0 Å². The molecule has 0 aliphatic heterocycles. The van der Waals surface area contributed by atoms with Crippen molar-refractivity contribution >= 4 is 16.9 Å². The van der Waals surface area contributed by atoms with Crippen molar-refractivity contribution in [2.24, 2.45) is 0 Å². The maximum Gasteiger partial charge on any atom is 0.252 e. The Morgan fingerprint density at radius 1 is 1.46 bits per heavy atom. The summed E-state index contributed by atoms with van der Waals surface area (Å²) in [7, 11) is 0. The van der Waals surface area contributed by atoms with Crippen molar-refractivity contribution in [3.05, 3.63) is 23.5 Å². The average Bonchev–Trinajstić information content (AvgIpc) is 3.32. The normalized spacial score (nSPS) is 14.5. The molecule has 130 valence electrons. The Kier molecular flexibility index (Phi) is 5.14. The van der Waals surface area contributed by atoms with Crippen LogP contribution in [0.4, 0.5) is 0 Å². The van der Waals surface area contributed by atoms with Crippen LogP contribution in [0.15, 0.2) is 12.3 Å². The number of nitrogens with zero attached hydrogens (tertiary/aromatic N) is 3. The van der Waals surface area contributed by atoms with E-state index in [2.05, 4.69) is 24.3 Å². The topological polar surface area (TPSA) is 69.0 Å². The number of fused-ring (bicyclic) bond motifs is 1. The first-order chi connectivity index (χ1) is 11.6. The number of aromatic nitrogens is 3. The second kappa shape index (κ2) is 7.30. The third kappa shape index (κ3) is 3.59. The van der Waals surface area contributed by atoms with Gasteiger partial charge in [0.2, 0.25) is 0 Å². The molecule has 0 unspecified atom stereocenters. The molecule has 6 nitrogen and oxygen atoms in total. The fourth-order valence-electron chi connectivity index (χ4n) is 2.81. The van der Waals surface area contributed by atoms with E-state index in [4.69, 9.17) is 9.72 Å². The number of nitrogens with one attached hydrogen (secondary N) is 1. The van der Waals surface area contributed by atoms with Gasteiger partial charge in [-0.2, -0.15) is 5.10 Å².